The van der Waals surface area contributed by atoms with E-state index in [9.17, 15) is 9.59 Å². The Morgan fingerprint density at radius 3 is 1.30 bits per heavy atom. The number of halogens is 2. The molecule has 0 radical (unpaired) electrons. The lowest BCUT2D eigenvalue weighted by Gasteiger charge is -2.33. The van der Waals surface area contributed by atoms with Crippen LogP contribution in [0.5, 0.6) is 11.5 Å². The molecule has 0 saturated heterocycles. The molecule has 4 N–H and O–H groups in total. The van der Waals surface area contributed by atoms with Gasteiger partial charge in [0.25, 0.3) is 0 Å². The Morgan fingerprint density at radius 2 is 0.944 bits per heavy atom. The van der Waals surface area contributed by atoms with E-state index in [4.69, 9.17) is 29.9 Å². The molecule has 0 aliphatic carbocycles. The second-order valence-corrected chi connectivity index (χ2v) is 13.6. The molecule has 0 aliphatic rings. The van der Waals surface area contributed by atoms with Gasteiger partial charge in [0.1, 0.15) is 24.6 Å². The van der Waals surface area contributed by atoms with E-state index in [2.05, 4.69) is 22.6 Å². The molecule has 0 bridgehead atoms. The molecule has 0 atom stereocenters. The van der Waals surface area contributed by atoms with Gasteiger partial charge in [-0.15, -0.1) is 0 Å². The fraction of sp³-hybridized carbons (Fsp3) is 0.381. The van der Waals surface area contributed by atoms with Gasteiger partial charge in [-0.3, -0.25) is 9.59 Å². The Bertz CT molecular complexity index is 1530. The van der Waals surface area contributed by atoms with Crippen molar-refractivity contribution in [2.75, 3.05) is 90.9 Å². The minimum Gasteiger partial charge on any atom is -1.00 e. The molecule has 4 aromatic carbocycles. The first kappa shape index (κ1) is 49.1. The zero-order chi connectivity index (χ0) is 38.7. The molecule has 296 valence electrons. The molecule has 0 heterocycles. The third-order valence-corrected chi connectivity index (χ3v) is 8.97. The summed E-state index contributed by atoms with van der Waals surface area (Å²) >= 11 is 2.33. The van der Waals surface area contributed by atoms with Crippen LogP contribution in [0.25, 0.3) is 0 Å². The number of hydrogen-bond acceptors (Lipinski definition) is 9. The van der Waals surface area contributed by atoms with Gasteiger partial charge in [-0.2, -0.15) is 0 Å². The number of aliphatic hydroxyl groups excluding tert-OH is 4. The highest BCUT2D eigenvalue weighted by Gasteiger charge is 2.19. The summed E-state index contributed by atoms with van der Waals surface area (Å²) in [7, 11) is 3.88. The van der Waals surface area contributed by atoms with Crippen LogP contribution >= 0.6 is 22.6 Å². The number of carbonyl (C=O) groups is 2. The number of benzene rings is 4. The molecule has 12 heteroatoms. The summed E-state index contributed by atoms with van der Waals surface area (Å²) in [6.07, 6.45) is 1.85. The standard InChI is InChI=1S/C21H28NO4.C16H15IO2.C5H13NO2.HI/c1-22(13-15-23,14-16-24)12-5-17-26-20-10-8-19(9-11-20)21(25)18-6-3-2-4-7-18;17-11-4-12-19-15-9-7-14(8-10-15)16(18)13-5-2-1-3-6-13;1-6(2-4-7)3-5-8;/h2-4,6-11,23-24H,5,12-17H2,1H3;1-3,5-10H,4,11-12H2;7-8H,2-5H2,1H3;1H/q+1;;;/p-1. The molecule has 0 amide bonds. The Balaban J connectivity index is 0.000000456. The molecule has 4 rings (SSSR count). The highest BCUT2D eigenvalue weighted by atomic mass is 127. The second kappa shape index (κ2) is 29.3. The van der Waals surface area contributed by atoms with Gasteiger partial charge >= 0.3 is 0 Å². The van der Waals surface area contributed by atoms with Crippen LogP contribution in [0.2, 0.25) is 0 Å². The molecule has 0 saturated carbocycles. The summed E-state index contributed by atoms with van der Waals surface area (Å²) in [5.74, 6) is 1.58. The predicted octanol–water partition coefficient (Wildman–Crippen LogP) is 2.15. The minimum atomic E-state index is -0.00164. The van der Waals surface area contributed by atoms with Crippen molar-refractivity contribution < 1.29 is 67.9 Å². The third kappa shape index (κ3) is 19.6. The molecule has 0 spiro atoms. The highest BCUT2D eigenvalue weighted by molar-refractivity contribution is 14.1. The van der Waals surface area contributed by atoms with Crippen LogP contribution in [0, 0.1) is 0 Å². The summed E-state index contributed by atoms with van der Waals surface area (Å²) in [5, 5.41) is 35.0. The maximum Gasteiger partial charge on any atom is 0.193 e. The van der Waals surface area contributed by atoms with E-state index in [0.29, 0.717) is 59.5 Å². The van der Waals surface area contributed by atoms with E-state index >= 15 is 0 Å². The molecule has 0 fully saturated rings. The summed E-state index contributed by atoms with van der Waals surface area (Å²) in [4.78, 5) is 26.4. The third-order valence-electron chi connectivity index (χ3n) is 8.21. The van der Waals surface area contributed by atoms with Crippen molar-refractivity contribution >= 4 is 34.2 Å². The van der Waals surface area contributed by atoms with Crippen LogP contribution in [-0.4, -0.2) is 132 Å². The second-order valence-electron chi connectivity index (χ2n) is 12.5. The first-order chi connectivity index (χ1) is 25.7. The Morgan fingerprint density at radius 1 is 0.574 bits per heavy atom. The number of ketones is 2. The SMILES string of the molecule is CN(CCO)CCO.C[N+](CCO)(CCO)CCCOc1ccc(C(=O)c2ccccc2)cc1.O=C(c1ccccc1)c1ccc(OCCCI)cc1.[I-]. The normalized spacial score (nSPS) is 10.6. The van der Waals surface area contributed by atoms with E-state index in [0.717, 1.165) is 41.9 Å². The number of ether oxygens (including phenoxy) is 2. The molecular weight excluding hydrogens is 914 g/mol. The number of rotatable bonds is 21. The number of carbonyl (C=O) groups excluding carboxylic acids is 2. The van der Waals surface area contributed by atoms with Crippen molar-refractivity contribution in [3.8, 4) is 11.5 Å². The number of alkyl halides is 1. The van der Waals surface area contributed by atoms with Gasteiger partial charge < -0.3 is 63.3 Å². The molecular formula is C42H56I2N2O8. The van der Waals surface area contributed by atoms with Crippen molar-refractivity contribution in [1.29, 1.82) is 0 Å². The molecule has 10 nitrogen and oxygen atoms in total. The van der Waals surface area contributed by atoms with Gasteiger partial charge in [0.15, 0.2) is 11.6 Å². The predicted molar refractivity (Wildman–Crippen MR) is 218 cm³/mol. The van der Waals surface area contributed by atoms with Crippen LogP contribution in [-0.2, 0) is 0 Å². The molecule has 54 heavy (non-hydrogen) atoms. The van der Waals surface area contributed by atoms with E-state index < -0.39 is 0 Å². The van der Waals surface area contributed by atoms with Crippen molar-refractivity contribution in [3.05, 3.63) is 131 Å². The lowest BCUT2D eigenvalue weighted by Crippen LogP contribution is -3.00. The first-order valence-corrected chi connectivity index (χ1v) is 19.4. The monoisotopic (exact) mass is 970 g/mol. The van der Waals surface area contributed by atoms with E-state index in [1.54, 1.807) is 24.3 Å². The Labute approximate surface area is 351 Å². The number of quaternary nitrogens is 1. The van der Waals surface area contributed by atoms with Crippen molar-refractivity contribution in [1.82, 2.24) is 4.90 Å². The van der Waals surface area contributed by atoms with Crippen LogP contribution < -0.4 is 33.5 Å². The molecule has 4 aromatic rings. The quantitative estimate of drug-likeness (QED) is 0.0326. The fourth-order valence-electron chi connectivity index (χ4n) is 5.07. The zero-order valence-corrected chi connectivity index (χ0v) is 35.7. The molecule has 0 aliphatic heterocycles. The van der Waals surface area contributed by atoms with Gasteiger partial charge in [0.2, 0.25) is 0 Å². The smallest absolute Gasteiger partial charge is 0.193 e. The van der Waals surface area contributed by atoms with Crippen molar-refractivity contribution in [2.45, 2.75) is 12.8 Å². The maximum absolute atomic E-state index is 12.4. The van der Waals surface area contributed by atoms with Crippen LogP contribution in [0.1, 0.15) is 44.7 Å². The largest absolute Gasteiger partial charge is 1.00 e. The Hall–Kier alpha value is -2.96. The number of hydrogen-bond donors (Lipinski definition) is 4. The Kier molecular flexibility index (Phi) is 26.7. The lowest BCUT2D eigenvalue weighted by molar-refractivity contribution is -0.910. The maximum atomic E-state index is 12.4. The molecule has 0 unspecified atom stereocenters. The lowest BCUT2D eigenvalue weighted by atomic mass is 10.0. The van der Waals surface area contributed by atoms with Gasteiger partial charge in [0.05, 0.1) is 53.2 Å². The number of nitrogens with zero attached hydrogens (tertiary/aromatic N) is 2. The highest BCUT2D eigenvalue weighted by Crippen LogP contribution is 2.17. The van der Waals surface area contributed by atoms with Crippen molar-refractivity contribution in [3.63, 3.8) is 0 Å². The van der Waals surface area contributed by atoms with Gasteiger partial charge in [-0.25, -0.2) is 0 Å². The summed E-state index contributed by atoms with van der Waals surface area (Å²) in [6.45, 7) is 5.15. The average molecular weight is 971 g/mol. The van der Waals surface area contributed by atoms with E-state index in [1.165, 1.54) is 0 Å². The van der Waals surface area contributed by atoms with Crippen LogP contribution in [0.4, 0.5) is 0 Å². The number of likely N-dealkylation sites (N-methyl/N-ethyl adjacent to an activating group) is 2. The van der Waals surface area contributed by atoms with Crippen LogP contribution in [0.3, 0.4) is 0 Å². The van der Waals surface area contributed by atoms with E-state index in [-0.39, 0.29) is 62.0 Å². The average Bonchev–Trinajstić information content (AvgIpc) is 3.18. The summed E-state index contributed by atoms with van der Waals surface area (Å²) in [6, 6.07) is 33.0. The summed E-state index contributed by atoms with van der Waals surface area (Å²) < 4.78 is 13.0. The number of aliphatic hydroxyl groups is 4. The van der Waals surface area contributed by atoms with Gasteiger partial charge in [0, 0.05) is 46.2 Å². The minimum absolute atomic E-state index is 0. The summed E-state index contributed by atoms with van der Waals surface area (Å²) in [5.41, 5.74) is 2.71. The fourth-order valence-corrected chi connectivity index (χ4v) is 5.38. The van der Waals surface area contributed by atoms with Crippen molar-refractivity contribution in [2.24, 2.45) is 0 Å². The zero-order valence-electron chi connectivity index (χ0n) is 31.4. The topological polar surface area (TPSA) is 137 Å². The first-order valence-electron chi connectivity index (χ1n) is 17.9. The van der Waals surface area contributed by atoms with Gasteiger partial charge in [-0.1, -0.05) is 83.3 Å². The van der Waals surface area contributed by atoms with E-state index in [1.807, 2.05) is 104 Å². The van der Waals surface area contributed by atoms with Crippen LogP contribution in [0.15, 0.2) is 109 Å². The van der Waals surface area contributed by atoms with Gasteiger partial charge in [-0.05, 0) is 62.0 Å². The molecule has 0 aromatic heterocycles.